The Kier molecular flexibility index (Phi) is 3.71. The molecule has 1 N–H and O–H groups in total. The number of thiol groups is 1. The number of benzene rings is 2. The standard InChI is InChI=1S/C15H14BN3OS/c1-20-13-7-10(16)6-9-8-17-15(19-14(9)13)18-11-2-4-12(21)5-3-11/h2-8,21H,16H2,1H3,(H,17,18,19). The third kappa shape index (κ3) is 2.95. The highest BCUT2D eigenvalue weighted by atomic mass is 32.1. The lowest BCUT2D eigenvalue weighted by atomic mass is 9.94. The van der Waals surface area contributed by atoms with Gasteiger partial charge in [-0.3, -0.25) is 0 Å². The molecule has 2 aromatic carbocycles. The average Bonchev–Trinajstić information content (AvgIpc) is 2.49. The van der Waals surface area contributed by atoms with Crippen molar-refractivity contribution in [3.05, 3.63) is 42.6 Å². The van der Waals surface area contributed by atoms with Gasteiger partial charge in [-0.15, -0.1) is 12.6 Å². The number of methoxy groups -OCH3 is 1. The van der Waals surface area contributed by atoms with Gasteiger partial charge in [0.2, 0.25) is 5.95 Å². The van der Waals surface area contributed by atoms with Crippen molar-refractivity contribution >= 4 is 48.5 Å². The molecule has 6 heteroatoms. The second-order valence-electron chi connectivity index (χ2n) is 4.77. The molecule has 0 unspecified atom stereocenters. The molecular formula is C15H14BN3OS. The van der Waals surface area contributed by atoms with Crippen LogP contribution in [0.1, 0.15) is 0 Å². The lowest BCUT2D eigenvalue weighted by Gasteiger charge is -2.09. The Morgan fingerprint density at radius 2 is 1.95 bits per heavy atom. The third-order valence-electron chi connectivity index (χ3n) is 3.14. The van der Waals surface area contributed by atoms with Gasteiger partial charge in [-0.05, 0) is 30.3 Å². The summed E-state index contributed by atoms with van der Waals surface area (Å²) in [5.74, 6) is 1.29. The molecule has 0 radical (unpaired) electrons. The lowest BCUT2D eigenvalue weighted by molar-refractivity contribution is 0.419. The number of anilines is 2. The average molecular weight is 295 g/mol. The van der Waals surface area contributed by atoms with E-state index < -0.39 is 0 Å². The summed E-state index contributed by atoms with van der Waals surface area (Å²) in [6, 6.07) is 11.7. The largest absolute Gasteiger partial charge is 0.494 e. The molecule has 0 fully saturated rings. The first kappa shape index (κ1) is 13.8. The van der Waals surface area contributed by atoms with Crippen LogP contribution in [0, 0.1) is 0 Å². The lowest BCUT2D eigenvalue weighted by Crippen LogP contribution is -2.05. The summed E-state index contributed by atoms with van der Waals surface area (Å²) < 4.78 is 5.40. The maximum Gasteiger partial charge on any atom is 0.227 e. The Labute approximate surface area is 129 Å². The number of ether oxygens (including phenoxy) is 1. The molecule has 1 heterocycles. The van der Waals surface area contributed by atoms with Crippen LogP contribution in [0.25, 0.3) is 10.9 Å². The number of hydrogen-bond acceptors (Lipinski definition) is 5. The van der Waals surface area contributed by atoms with Gasteiger partial charge in [0, 0.05) is 22.2 Å². The predicted molar refractivity (Wildman–Crippen MR) is 91.2 cm³/mol. The van der Waals surface area contributed by atoms with Gasteiger partial charge in [0.05, 0.1) is 7.11 Å². The Balaban J connectivity index is 2.00. The minimum Gasteiger partial charge on any atom is -0.494 e. The first-order chi connectivity index (χ1) is 10.2. The van der Waals surface area contributed by atoms with Gasteiger partial charge in [-0.1, -0.05) is 11.5 Å². The van der Waals surface area contributed by atoms with Crippen LogP contribution >= 0.6 is 12.6 Å². The van der Waals surface area contributed by atoms with Crippen LogP contribution in [-0.2, 0) is 0 Å². The molecule has 104 valence electrons. The zero-order valence-corrected chi connectivity index (χ0v) is 12.7. The van der Waals surface area contributed by atoms with Crippen LogP contribution in [-0.4, -0.2) is 24.9 Å². The number of aromatic nitrogens is 2. The summed E-state index contributed by atoms with van der Waals surface area (Å²) in [6.45, 7) is 0. The number of nitrogens with zero attached hydrogens (tertiary/aromatic N) is 2. The molecule has 0 aliphatic carbocycles. The number of fused-ring (bicyclic) bond motifs is 1. The number of hydrogen-bond donors (Lipinski definition) is 2. The van der Waals surface area contributed by atoms with E-state index in [0.717, 1.165) is 32.7 Å². The number of rotatable bonds is 3. The van der Waals surface area contributed by atoms with Crippen molar-refractivity contribution in [2.45, 2.75) is 4.90 Å². The van der Waals surface area contributed by atoms with E-state index in [1.165, 1.54) is 0 Å². The van der Waals surface area contributed by atoms with E-state index in [0.29, 0.717) is 5.95 Å². The molecule has 21 heavy (non-hydrogen) atoms. The van der Waals surface area contributed by atoms with Gasteiger partial charge < -0.3 is 10.1 Å². The molecule has 0 aliphatic heterocycles. The van der Waals surface area contributed by atoms with Gasteiger partial charge in [0.25, 0.3) is 0 Å². The monoisotopic (exact) mass is 295 g/mol. The second-order valence-corrected chi connectivity index (χ2v) is 5.29. The Bertz CT molecular complexity index is 793. The molecule has 0 saturated heterocycles. The fraction of sp³-hybridized carbons (Fsp3) is 0.0667. The van der Waals surface area contributed by atoms with Gasteiger partial charge >= 0.3 is 0 Å². The fourth-order valence-corrected chi connectivity index (χ4v) is 2.29. The van der Waals surface area contributed by atoms with Crippen LogP contribution in [0.2, 0.25) is 0 Å². The van der Waals surface area contributed by atoms with Crippen molar-refractivity contribution in [1.82, 2.24) is 9.97 Å². The zero-order chi connectivity index (χ0) is 14.8. The van der Waals surface area contributed by atoms with E-state index in [4.69, 9.17) is 4.74 Å². The van der Waals surface area contributed by atoms with E-state index in [1.807, 2.05) is 44.2 Å². The molecule has 0 spiro atoms. The second kappa shape index (κ2) is 5.65. The highest BCUT2D eigenvalue weighted by Crippen LogP contribution is 2.24. The summed E-state index contributed by atoms with van der Waals surface area (Å²) in [5, 5.41) is 4.14. The summed E-state index contributed by atoms with van der Waals surface area (Å²) in [6.07, 6.45) is 1.80. The molecule has 0 saturated carbocycles. The maximum atomic E-state index is 5.40. The molecule has 0 bridgehead atoms. The third-order valence-corrected chi connectivity index (χ3v) is 3.43. The van der Waals surface area contributed by atoms with Crippen molar-refractivity contribution in [3.8, 4) is 5.75 Å². The highest BCUT2D eigenvalue weighted by molar-refractivity contribution is 7.80. The normalized spacial score (nSPS) is 10.6. The van der Waals surface area contributed by atoms with E-state index in [2.05, 4.69) is 27.9 Å². The minimum atomic E-state index is 0.538. The van der Waals surface area contributed by atoms with Crippen LogP contribution in [0.15, 0.2) is 47.5 Å². The van der Waals surface area contributed by atoms with Crippen molar-refractivity contribution < 1.29 is 4.74 Å². The van der Waals surface area contributed by atoms with Gasteiger partial charge in [0.15, 0.2) is 0 Å². The molecule has 0 atom stereocenters. The molecular weight excluding hydrogens is 281 g/mol. The molecule has 3 rings (SSSR count). The summed E-state index contributed by atoms with van der Waals surface area (Å²) in [7, 11) is 3.67. The summed E-state index contributed by atoms with van der Waals surface area (Å²) >= 11 is 4.27. The van der Waals surface area contributed by atoms with Gasteiger partial charge in [-0.2, -0.15) is 0 Å². The van der Waals surface area contributed by atoms with Crippen LogP contribution in [0.5, 0.6) is 5.75 Å². The Hall–Kier alpha value is -2.21. The zero-order valence-electron chi connectivity index (χ0n) is 11.8. The fourth-order valence-electron chi connectivity index (χ4n) is 2.15. The van der Waals surface area contributed by atoms with E-state index in [1.54, 1.807) is 13.3 Å². The van der Waals surface area contributed by atoms with Crippen LogP contribution in [0.4, 0.5) is 11.6 Å². The molecule has 0 amide bonds. The smallest absolute Gasteiger partial charge is 0.227 e. The SMILES string of the molecule is Bc1cc(OC)c2nc(Nc3ccc(S)cc3)ncc2c1. The highest BCUT2D eigenvalue weighted by Gasteiger charge is 2.07. The first-order valence-electron chi connectivity index (χ1n) is 6.53. The molecule has 3 aromatic rings. The van der Waals surface area contributed by atoms with Gasteiger partial charge in [0.1, 0.15) is 19.1 Å². The summed E-state index contributed by atoms with van der Waals surface area (Å²) in [4.78, 5) is 9.80. The van der Waals surface area contributed by atoms with Crippen molar-refractivity contribution in [3.63, 3.8) is 0 Å². The van der Waals surface area contributed by atoms with Crippen LogP contribution < -0.4 is 15.5 Å². The van der Waals surface area contributed by atoms with Crippen molar-refractivity contribution in [2.24, 2.45) is 0 Å². The maximum absolute atomic E-state index is 5.40. The Morgan fingerprint density at radius 3 is 2.67 bits per heavy atom. The molecule has 0 aliphatic rings. The molecule has 1 aromatic heterocycles. The Morgan fingerprint density at radius 1 is 1.19 bits per heavy atom. The van der Waals surface area contributed by atoms with Crippen molar-refractivity contribution in [2.75, 3.05) is 12.4 Å². The van der Waals surface area contributed by atoms with Gasteiger partial charge in [-0.25, -0.2) is 9.97 Å². The predicted octanol–water partition coefficient (Wildman–Crippen LogP) is 1.93. The molecule has 4 nitrogen and oxygen atoms in total. The van der Waals surface area contributed by atoms with E-state index in [-0.39, 0.29) is 0 Å². The first-order valence-corrected chi connectivity index (χ1v) is 6.98. The van der Waals surface area contributed by atoms with Crippen molar-refractivity contribution in [1.29, 1.82) is 0 Å². The number of nitrogens with one attached hydrogen (secondary N) is 1. The van der Waals surface area contributed by atoms with E-state index >= 15 is 0 Å². The minimum absolute atomic E-state index is 0.538. The van der Waals surface area contributed by atoms with E-state index in [9.17, 15) is 0 Å². The quantitative estimate of drug-likeness (QED) is 0.572. The summed E-state index contributed by atoms with van der Waals surface area (Å²) in [5.41, 5.74) is 2.83. The topological polar surface area (TPSA) is 47.0 Å². The van der Waals surface area contributed by atoms with Crippen LogP contribution in [0.3, 0.4) is 0 Å².